The molecule has 0 bridgehead atoms. The van der Waals surface area contributed by atoms with E-state index >= 15 is 0 Å². The summed E-state index contributed by atoms with van der Waals surface area (Å²) in [5.41, 5.74) is 5.62. The number of oxime groups is 1. The zero-order valence-electron chi connectivity index (χ0n) is 21.2. The molecule has 3 heterocycles. The van der Waals surface area contributed by atoms with Crippen LogP contribution in [-0.2, 0) is 29.9 Å². The van der Waals surface area contributed by atoms with Crippen LogP contribution >= 0.6 is 34.7 Å². The molecule has 15 heteroatoms. The van der Waals surface area contributed by atoms with Gasteiger partial charge in [-0.2, -0.15) is 0 Å². The van der Waals surface area contributed by atoms with Crippen molar-refractivity contribution >= 4 is 75.4 Å². The van der Waals surface area contributed by atoms with E-state index < -0.39 is 40.8 Å². The number of amides is 2. The normalized spacial score (nSPS) is 19.3. The summed E-state index contributed by atoms with van der Waals surface area (Å²) in [5, 5.41) is 26.4. The van der Waals surface area contributed by atoms with Gasteiger partial charge in [-0.25, -0.2) is 14.6 Å². The molecule has 40 heavy (non-hydrogen) atoms. The number of hydrogen-bond acceptors (Lipinski definition) is 10. The van der Waals surface area contributed by atoms with Crippen molar-refractivity contribution in [3.63, 3.8) is 0 Å². The number of nitrogens with one attached hydrogen (secondary N) is 1. The summed E-state index contributed by atoms with van der Waals surface area (Å²) in [6.07, 6.45) is 3.40. The van der Waals surface area contributed by atoms with E-state index in [-0.39, 0.29) is 28.0 Å². The first-order valence-electron chi connectivity index (χ1n) is 11.7. The fourth-order valence-electron chi connectivity index (χ4n) is 3.70. The lowest BCUT2D eigenvalue weighted by Crippen LogP contribution is -2.71. The van der Waals surface area contributed by atoms with Crippen LogP contribution in [0.25, 0.3) is 6.08 Å². The maximum absolute atomic E-state index is 13.2. The number of carbonyl (C=O) groups is 4. The third-order valence-electron chi connectivity index (χ3n) is 5.96. The van der Waals surface area contributed by atoms with Crippen LogP contribution in [0.5, 0.6) is 0 Å². The minimum atomic E-state index is -1.76. The second kappa shape index (κ2) is 11.7. The predicted octanol–water partition coefficient (Wildman–Crippen LogP) is 2.50. The first-order valence-corrected chi connectivity index (χ1v) is 14.1. The Labute approximate surface area is 241 Å². The predicted molar refractivity (Wildman–Crippen MR) is 151 cm³/mol. The average Bonchev–Trinajstić information content (AvgIpc) is 3.35. The lowest BCUT2D eigenvalue weighted by Gasteiger charge is -2.49. The van der Waals surface area contributed by atoms with Gasteiger partial charge in [-0.05, 0) is 30.5 Å². The van der Waals surface area contributed by atoms with E-state index in [1.165, 1.54) is 31.0 Å². The van der Waals surface area contributed by atoms with Crippen LogP contribution in [0.4, 0.5) is 5.13 Å². The zero-order chi connectivity index (χ0) is 29.2. The van der Waals surface area contributed by atoms with Crippen molar-refractivity contribution in [1.29, 1.82) is 0 Å². The number of nitrogens with zero attached hydrogens (tertiary/aromatic N) is 3. The number of alkyl halides is 1. The van der Waals surface area contributed by atoms with E-state index in [0.717, 1.165) is 27.4 Å². The number of fused-ring (bicyclic) bond motifs is 1. The second-order valence-corrected chi connectivity index (χ2v) is 11.4. The number of β-lactam (4-membered cyclic amide) rings is 1. The van der Waals surface area contributed by atoms with Gasteiger partial charge in [0.15, 0.2) is 10.8 Å². The topological polar surface area (TPSA) is 185 Å². The molecule has 0 radical (unpaired) electrons. The number of aromatic nitrogens is 1. The monoisotopic (exact) mass is 605 g/mol. The molecule has 1 saturated heterocycles. The molecular weight excluding hydrogens is 582 g/mol. The Bertz CT molecular complexity index is 1450. The van der Waals surface area contributed by atoms with E-state index in [9.17, 15) is 29.4 Å². The first-order chi connectivity index (χ1) is 18.9. The van der Waals surface area contributed by atoms with Crippen LogP contribution in [0, 0.1) is 0 Å². The minimum absolute atomic E-state index is 0.0266. The fourth-order valence-corrected chi connectivity index (χ4v) is 5.74. The third-order valence-corrected chi connectivity index (χ3v) is 8.24. The third kappa shape index (κ3) is 5.98. The number of anilines is 1. The molecule has 2 amide bonds. The summed E-state index contributed by atoms with van der Waals surface area (Å²) < 4.78 is 0. The van der Waals surface area contributed by atoms with E-state index in [2.05, 4.69) is 15.5 Å². The van der Waals surface area contributed by atoms with E-state index in [1.807, 2.05) is 24.3 Å². The molecule has 5 N–H and O–H groups in total. The van der Waals surface area contributed by atoms with Crippen molar-refractivity contribution in [1.82, 2.24) is 15.2 Å². The number of nitrogen functional groups attached to an aromatic ring is 1. The number of thiazole rings is 1. The maximum Gasteiger partial charge on any atom is 0.352 e. The van der Waals surface area contributed by atoms with Crippen LogP contribution in [0.15, 0.2) is 52.1 Å². The molecule has 210 valence electrons. The molecule has 2 aromatic rings. The van der Waals surface area contributed by atoms with Crippen LogP contribution in [0.3, 0.4) is 0 Å². The van der Waals surface area contributed by atoms with Crippen molar-refractivity contribution in [3.05, 3.63) is 63.8 Å². The van der Waals surface area contributed by atoms with Crippen LogP contribution < -0.4 is 11.1 Å². The molecule has 0 spiro atoms. The molecule has 2 atom stereocenters. The van der Waals surface area contributed by atoms with Gasteiger partial charge < -0.3 is 26.1 Å². The van der Waals surface area contributed by atoms with Crippen LogP contribution in [0.1, 0.15) is 30.7 Å². The molecule has 0 aliphatic carbocycles. The van der Waals surface area contributed by atoms with Gasteiger partial charge in [0, 0.05) is 17.0 Å². The molecule has 1 fully saturated rings. The zero-order valence-corrected chi connectivity index (χ0v) is 23.5. The maximum atomic E-state index is 13.2. The lowest BCUT2D eigenvalue weighted by molar-refractivity contribution is -0.161. The smallest absolute Gasteiger partial charge is 0.352 e. The molecule has 2 aliphatic heterocycles. The fraction of sp³-hybridized carbons (Fsp3) is 0.280. The van der Waals surface area contributed by atoms with E-state index in [0.29, 0.717) is 11.5 Å². The highest BCUT2D eigenvalue weighted by Crippen LogP contribution is 2.41. The van der Waals surface area contributed by atoms with Crippen molar-refractivity contribution in [2.45, 2.75) is 36.7 Å². The molecule has 1 aromatic heterocycles. The summed E-state index contributed by atoms with van der Waals surface area (Å²) in [6.45, 7) is 2.49. The van der Waals surface area contributed by atoms with Crippen LogP contribution in [-0.4, -0.2) is 72.3 Å². The summed E-state index contributed by atoms with van der Waals surface area (Å²) in [4.78, 5) is 60.1. The number of halogens is 1. The SMILES string of the molecule is CC(C)(O/N=C(\C(=O)N[C@@H]1C(=O)N2C(C(=O)O)=C(/C=C\c3ccc(CCl)cc3)CS[C@H]12)c1csc(N)n1)C(=O)O. The van der Waals surface area contributed by atoms with Gasteiger partial charge in [-0.15, -0.1) is 34.7 Å². The largest absolute Gasteiger partial charge is 0.478 e. The Morgan fingerprint density at radius 3 is 2.55 bits per heavy atom. The van der Waals surface area contributed by atoms with Gasteiger partial charge in [0.2, 0.25) is 5.60 Å². The van der Waals surface area contributed by atoms with Crippen molar-refractivity contribution in [2.24, 2.45) is 5.16 Å². The number of hydrogen-bond donors (Lipinski definition) is 4. The Balaban J connectivity index is 1.54. The van der Waals surface area contributed by atoms with Gasteiger partial charge in [0.05, 0.1) is 0 Å². The van der Waals surface area contributed by atoms with E-state index in [4.69, 9.17) is 22.2 Å². The molecule has 0 unspecified atom stereocenters. The number of aliphatic carboxylic acids is 2. The van der Waals surface area contributed by atoms with Crippen molar-refractivity contribution in [3.8, 4) is 0 Å². The van der Waals surface area contributed by atoms with Crippen LogP contribution in [0.2, 0.25) is 0 Å². The number of rotatable bonds is 10. The highest BCUT2D eigenvalue weighted by atomic mass is 35.5. The number of carbonyl (C=O) groups excluding carboxylic acids is 2. The van der Waals surface area contributed by atoms with Crippen molar-refractivity contribution < 1.29 is 34.2 Å². The van der Waals surface area contributed by atoms with Crippen molar-refractivity contribution in [2.75, 3.05) is 11.5 Å². The number of nitrogens with two attached hydrogens (primary N) is 1. The number of allylic oxidation sites excluding steroid dienone is 1. The minimum Gasteiger partial charge on any atom is -0.478 e. The van der Waals surface area contributed by atoms with Gasteiger partial charge in [-0.1, -0.05) is 41.6 Å². The van der Waals surface area contributed by atoms with Gasteiger partial charge >= 0.3 is 11.9 Å². The highest BCUT2D eigenvalue weighted by Gasteiger charge is 2.54. The van der Waals surface area contributed by atoms with Gasteiger partial charge in [-0.3, -0.25) is 14.5 Å². The lowest BCUT2D eigenvalue weighted by atomic mass is 10.0. The van der Waals surface area contributed by atoms with Gasteiger partial charge in [0.25, 0.3) is 11.8 Å². The first kappa shape index (κ1) is 29.1. The number of carboxylic acids is 2. The van der Waals surface area contributed by atoms with E-state index in [1.54, 1.807) is 12.2 Å². The average molecular weight is 606 g/mol. The summed E-state index contributed by atoms with van der Waals surface area (Å²) in [7, 11) is 0. The number of benzene rings is 1. The quantitative estimate of drug-likeness (QED) is 0.136. The highest BCUT2D eigenvalue weighted by molar-refractivity contribution is 8.00. The second-order valence-electron chi connectivity index (χ2n) is 9.17. The summed E-state index contributed by atoms with van der Waals surface area (Å²) >= 11 is 8.14. The number of carboxylic acid groups (broad SMARTS) is 2. The molecule has 12 nitrogen and oxygen atoms in total. The molecule has 4 rings (SSSR count). The Kier molecular flexibility index (Phi) is 8.51. The molecule has 2 aliphatic rings. The summed E-state index contributed by atoms with van der Waals surface area (Å²) in [5.74, 6) is -3.42. The molecular formula is C25H24ClN5O7S2. The Morgan fingerprint density at radius 1 is 1.27 bits per heavy atom. The van der Waals surface area contributed by atoms with Gasteiger partial charge in [0.1, 0.15) is 22.8 Å². The molecule has 0 saturated carbocycles. The standard InChI is InChI=1S/C25H24ClN5O7S2/c1-25(2,23(36)37)38-30-16(15-11-40-24(27)28-15)19(32)29-17-20(33)31-18(22(34)35)14(10-39-21(17)31)8-7-12-3-5-13(9-26)6-4-12/h3-8,11,17,21H,9-10H2,1-2H3,(H2,27,28)(H,29,32)(H,34,35)(H,36,37)/b8-7-,30-16-/t17-,21-/m1/s1. The molecule has 1 aromatic carbocycles. The summed E-state index contributed by atoms with van der Waals surface area (Å²) in [6, 6.07) is 6.37. The Hall–Kier alpha value is -3.88. The number of thioether (sulfide) groups is 1. The Morgan fingerprint density at radius 2 is 1.98 bits per heavy atom.